The van der Waals surface area contributed by atoms with Crippen molar-refractivity contribution in [2.45, 2.75) is 13.3 Å². The molecule has 0 radical (unpaired) electrons. The summed E-state index contributed by atoms with van der Waals surface area (Å²) in [5, 5.41) is 0. The van der Waals surface area contributed by atoms with Gasteiger partial charge in [-0.25, -0.2) is 0 Å². The Balaban J connectivity index is 2.30. The number of anilines is 1. The molecule has 1 aliphatic rings. The second-order valence-electron chi connectivity index (χ2n) is 4.27. The molecule has 1 aromatic carbocycles. The third-order valence-electron chi connectivity index (χ3n) is 2.93. The van der Waals surface area contributed by atoms with Crippen LogP contribution in [0.3, 0.4) is 0 Å². The van der Waals surface area contributed by atoms with Crippen LogP contribution in [0.1, 0.15) is 12.0 Å². The largest absolute Gasteiger partial charge is 0.330 e. The lowest BCUT2D eigenvalue weighted by molar-refractivity contribution is -0.117. The highest BCUT2D eigenvalue weighted by atomic mass is 79.9. The first kappa shape index (κ1) is 11.6. The molecule has 0 aromatic heterocycles. The van der Waals surface area contributed by atoms with Gasteiger partial charge in [0.2, 0.25) is 5.91 Å². The van der Waals surface area contributed by atoms with Crippen molar-refractivity contribution in [2.75, 3.05) is 18.0 Å². The Kier molecular flexibility index (Phi) is 3.30. The number of amides is 1. The second-order valence-corrected chi connectivity index (χ2v) is 5.12. The van der Waals surface area contributed by atoms with Crippen molar-refractivity contribution >= 4 is 27.5 Å². The molecule has 1 unspecified atom stereocenters. The number of nitrogens with two attached hydrogens (primary N) is 1. The quantitative estimate of drug-likeness (QED) is 0.903. The van der Waals surface area contributed by atoms with Gasteiger partial charge in [-0.1, -0.05) is 6.07 Å². The molecule has 1 saturated heterocycles. The Hall–Kier alpha value is -0.870. The Labute approximate surface area is 104 Å². The molecule has 0 spiro atoms. The first-order chi connectivity index (χ1) is 7.61. The van der Waals surface area contributed by atoms with E-state index < -0.39 is 0 Å². The molecule has 0 aliphatic carbocycles. The molecule has 4 heteroatoms. The minimum Gasteiger partial charge on any atom is -0.330 e. The zero-order valence-electron chi connectivity index (χ0n) is 9.24. The molecule has 1 fully saturated rings. The summed E-state index contributed by atoms with van der Waals surface area (Å²) < 4.78 is 0.962. The van der Waals surface area contributed by atoms with Gasteiger partial charge < -0.3 is 10.6 Å². The second kappa shape index (κ2) is 4.55. The van der Waals surface area contributed by atoms with Crippen molar-refractivity contribution in [3.63, 3.8) is 0 Å². The van der Waals surface area contributed by atoms with Gasteiger partial charge in [-0.3, -0.25) is 4.79 Å². The predicted molar refractivity (Wildman–Crippen MR) is 68.4 cm³/mol. The maximum absolute atomic E-state index is 11.9. The lowest BCUT2D eigenvalue weighted by atomic mass is 10.1. The highest BCUT2D eigenvalue weighted by molar-refractivity contribution is 9.10. The van der Waals surface area contributed by atoms with Crippen molar-refractivity contribution in [1.29, 1.82) is 0 Å². The zero-order valence-corrected chi connectivity index (χ0v) is 10.8. The summed E-state index contributed by atoms with van der Waals surface area (Å²) in [6.45, 7) is 3.33. The van der Waals surface area contributed by atoms with Crippen LogP contribution in [0.25, 0.3) is 0 Å². The number of aryl methyl sites for hydroxylation is 1. The number of benzene rings is 1. The number of nitrogens with zero attached hydrogens (tertiary/aromatic N) is 1. The van der Waals surface area contributed by atoms with Crippen LogP contribution in [0, 0.1) is 12.8 Å². The summed E-state index contributed by atoms with van der Waals surface area (Å²) in [7, 11) is 0. The molecule has 1 atom stereocenters. The number of halogens is 1. The summed E-state index contributed by atoms with van der Waals surface area (Å²) in [5.74, 6) is 0.460. The smallest absolute Gasteiger partial charge is 0.227 e. The van der Waals surface area contributed by atoms with Crippen LogP contribution in [0.15, 0.2) is 22.7 Å². The fourth-order valence-electron chi connectivity index (χ4n) is 2.00. The Morgan fingerprint density at radius 1 is 1.56 bits per heavy atom. The van der Waals surface area contributed by atoms with Gasteiger partial charge in [0.05, 0.1) is 5.69 Å². The lowest BCUT2D eigenvalue weighted by Gasteiger charge is -2.18. The molecule has 2 N–H and O–H groups in total. The van der Waals surface area contributed by atoms with Crippen molar-refractivity contribution in [3.05, 3.63) is 28.2 Å². The van der Waals surface area contributed by atoms with Gasteiger partial charge in [-0.15, -0.1) is 0 Å². The molecular weight excluding hydrogens is 268 g/mol. The molecule has 1 aliphatic heterocycles. The van der Waals surface area contributed by atoms with Crippen molar-refractivity contribution < 1.29 is 4.79 Å². The molecule has 1 heterocycles. The Bertz CT molecular complexity index is 419. The molecular formula is C12H15BrN2O. The molecule has 2 rings (SSSR count). The van der Waals surface area contributed by atoms with Crippen LogP contribution in [-0.2, 0) is 4.79 Å². The summed E-state index contributed by atoms with van der Waals surface area (Å²) >= 11 is 3.48. The third kappa shape index (κ3) is 2.13. The van der Waals surface area contributed by atoms with Crippen LogP contribution in [0.5, 0.6) is 0 Å². The standard InChI is InChI=1S/C12H15BrN2O/c1-8-2-3-10(13)11(4-8)15-7-9(6-14)5-12(15)16/h2-4,9H,5-7,14H2,1H3. The monoisotopic (exact) mass is 282 g/mol. The Morgan fingerprint density at radius 3 is 2.94 bits per heavy atom. The fourth-order valence-corrected chi connectivity index (χ4v) is 2.46. The predicted octanol–water partition coefficient (Wildman–Crippen LogP) is 2.07. The normalized spacial score (nSPS) is 20.6. The number of hydrogen-bond donors (Lipinski definition) is 1. The van der Waals surface area contributed by atoms with Gasteiger partial charge in [0.25, 0.3) is 0 Å². The number of carbonyl (C=O) groups is 1. The highest BCUT2D eigenvalue weighted by Gasteiger charge is 2.30. The fraction of sp³-hybridized carbons (Fsp3) is 0.417. The first-order valence-electron chi connectivity index (χ1n) is 5.38. The van der Waals surface area contributed by atoms with E-state index in [1.54, 1.807) is 0 Å². The molecule has 86 valence electrons. The van der Waals surface area contributed by atoms with Crippen LogP contribution in [0.2, 0.25) is 0 Å². The summed E-state index contributed by atoms with van der Waals surface area (Å²) in [5.41, 5.74) is 7.73. The van der Waals surface area contributed by atoms with E-state index >= 15 is 0 Å². The minimum absolute atomic E-state index is 0.168. The van der Waals surface area contributed by atoms with E-state index in [0.29, 0.717) is 18.9 Å². The lowest BCUT2D eigenvalue weighted by Crippen LogP contribution is -2.26. The van der Waals surface area contributed by atoms with E-state index in [9.17, 15) is 4.79 Å². The van der Waals surface area contributed by atoms with Crippen molar-refractivity contribution in [2.24, 2.45) is 11.7 Å². The van der Waals surface area contributed by atoms with Crippen molar-refractivity contribution in [1.82, 2.24) is 0 Å². The minimum atomic E-state index is 0.168. The summed E-state index contributed by atoms with van der Waals surface area (Å²) in [6, 6.07) is 6.03. The summed E-state index contributed by atoms with van der Waals surface area (Å²) in [6.07, 6.45) is 0.566. The number of carbonyl (C=O) groups excluding carboxylic acids is 1. The molecule has 1 aromatic rings. The van der Waals surface area contributed by atoms with Crippen LogP contribution >= 0.6 is 15.9 Å². The van der Waals surface area contributed by atoms with E-state index in [-0.39, 0.29) is 5.91 Å². The molecule has 3 nitrogen and oxygen atoms in total. The van der Waals surface area contributed by atoms with Gasteiger partial charge in [-0.05, 0) is 53.0 Å². The van der Waals surface area contributed by atoms with Gasteiger partial charge in [-0.2, -0.15) is 0 Å². The van der Waals surface area contributed by atoms with E-state index in [2.05, 4.69) is 15.9 Å². The maximum atomic E-state index is 11.9. The topological polar surface area (TPSA) is 46.3 Å². The van der Waals surface area contributed by atoms with Gasteiger partial charge in [0.1, 0.15) is 0 Å². The zero-order chi connectivity index (χ0) is 11.7. The van der Waals surface area contributed by atoms with E-state index in [4.69, 9.17) is 5.73 Å². The van der Waals surface area contributed by atoms with Gasteiger partial charge in [0, 0.05) is 17.4 Å². The van der Waals surface area contributed by atoms with Crippen LogP contribution in [-0.4, -0.2) is 19.0 Å². The summed E-state index contributed by atoms with van der Waals surface area (Å²) in [4.78, 5) is 13.7. The van der Waals surface area contributed by atoms with Crippen molar-refractivity contribution in [3.8, 4) is 0 Å². The maximum Gasteiger partial charge on any atom is 0.227 e. The molecule has 0 saturated carbocycles. The average molecular weight is 283 g/mol. The first-order valence-corrected chi connectivity index (χ1v) is 6.17. The third-order valence-corrected chi connectivity index (χ3v) is 3.60. The average Bonchev–Trinajstić information content (AvgIpc) is 2.63. The number of rotatable bonds is 2. The van der Waals surface area contributed by atoms with Gasteiger partial charge in [0.15, 0.2) is 0 Å². The van der Waals surface area contributed by atoms with E-state index in [0.717, 1.165) is 22.3 Å². The highest BCUT2D eigenvalue weighted by Crippen LogP contribution is 2.31. The molecule has 16 heavy (non-hydrogen) atoms. The number of hydrogen-bond acceptors (Lipinski definition) is 2. The molecule has 1 amide bonds. The molecule has 0 bridgehead atoms. The van der Waals surface area contributed by atoms with Crippen LogP contribution in [0.4, 0.5) is 5.69 Å². The van der Waals surface area contributed by atoms with Crippen LogP contribution < -0.4 is 10.6 Å². The van der Waals surface area contributed by atoms with E-state index in [1.165, 1.54) is 0 Å². The Morgan fingerprint density at radius 2 is 2.31 bits per heavy atom. The van der Waals surface area contributed by atoms with Gasteiger partial charge >= 0.3 is 0 Å². The SMILES string of the molecule is Cc1ccc(Br)c(N2CC(CN)CC2=O)c1. The van der Waals surface area contributed by atoms with E-state index in [1.807, 2.05) is 30.0 Å².